The number of carbonyl (C=O) groups is 3. The Morgan fingerprint density at radius 2 is 2.04 bits per heavy atom. The second-order valence-electron chi connectivity index (χ2n) is 6.63. The number of nitrogens with one attached hydrogen (secondary N) is 1. The van der Waals surface area contributed by atoms with E-state index in [2.05, 4.69) is 10.3 Å². The predicted octanol–water partition coefficient (Wildman–Crippen LogP) is -0.230. The Bertz CT molecular complexity index is 903. The van der Waals surface area contributed by atoms with Gasteiger partial charge in [-0.2, -0.15) is 0 Å². The number of hydrogen-bond donors (Lipinski definition) is 1. The first-order chi connectivity index (χ1) is 13.5. The van der Waals surface area contributed by atoms with E-state index < -0.39 is 12.1 Å². The van der Waals surface area contributed by atoms with E-state index in [4.69, 9.17) is 0 Å². The zero-order chi connectivity index (χ0) is 19.8. The van der Waals surface area contributed by atoms with Gasteiger partial charge in [0.1, 0.15) is 18.0 Å². The topological polar surface area (TPSA) is 114 Å². The van der Waals surface area contributed by atoms with Crippen LogP contribution in [0.25, 0.3) is 0 Å². The van der Waals surface area contributed by atoms with Crippen molar-refractivity contribution in [1.29, 1.82) is 0 Å². The molecule has 4 rings (SSSR count). The van der Waals surface area contributed by atoms with Gasteiger partial charge in [-0.3, -0.25) is 9.80 Å². The van der Waals surface area contributed by atoms with Crippen LogP contribution in [-0.4, -0.2) is 68.7 Å². The Morgan fingerprint density at radius 1 is 1.29 bits per heavy atom. The average molecular weight is 403 g/mol. The number of carboxylic acid groups (broad SMARTS) is 1. The Morgan fingerprint density at radius 3 is 2.64 bits per heavy atom. The molecule has 0 saturated carbocycles. The van der Waals surface area contributed by atoms with Gasteiger partial charge < -0.3 is 20.1 Å². The number of imidazole rings is 1. The standard InChI is InChI=1S/C17H20N6O4S/c1-11-18-9-12-10-22(17(27)23(11)12)21-6-4-20(5-7-21)15(24)14(19-16(25)26)13-3-2-8-28-13/h2-3,8-9,14,19H,4-7,10H2,1H3,(H,25,26)/p-1. The molecule has 2 aliphatic rings. The molecule has 0 spiro atoms. The molecule has 1 saturated heterocycles. The molecule has 0 aromatic carbocycles. The summed E-state index contributed by atoms with van der Waals surface area (Å²) in [6, 6.07) is 2.37. The van der Waals surface area contributed by atoms with Crippen molar-refractivity contribution in [3.8, 4) is 0 Å². The number of carbonyl (C=O) groups excluding carboxylic acids is 3. The van der Waals surface area contributed by atoms with Crippen molar-refractivity contribution in [3.05, 3.63) is 40.1 Å². The van der Waals surface area contributed by atoms with E-state index in [0.29, 0.717) is 43.4 Å². The van der Waals surface area contributed by atoms with E-state index in [0.717, 1.165) is 5.69 Å². The molecule has 2 aliphatic heterocycles. The van der Waals surface area contributed by atoms with Gasteiger partial charge in [-0.05, 0) is 18.4 Å². The zero-order valence-electron chi connectivity index (χ0n) is 15.2. The van der Waals surface area contributed by atoms with E-state index >= 15 is 0 Å². The van der Waals surface area contributed by atoms with Gasteiger partial charge in [0.25, 0.3) is 5.91 Å². The molecule has 1 unspecified atom stereocenters. The molecular formula is C17H19N6O4S-. The lowest BCUT2D eigenvalue weighted by atomic mass is 10.2. The number of nitrogens with zero attached hydrogens (tertiary/aromatic N) is 5. The van der Waals surface area contributed by atoms with Gasteiger partial charge in [0, 0.05) is 31.1 Å². The van der Waals surface area contributed by atoms with Crippen molar-refractivity contribution in [2.75, 3.05) is 26.2 Å². The number of rotatable bonds is 4. The van der Waals surface area contributed by atoms with Crippen LogP contribution in [0.2, 0.25) is 0 Å². The van der Waals surface area contributed by atoms with Crippen LogP contribution < -0.4 is 10.4 Å². The average Bonchev–Trinajstić information content (AvgIpc) is 3.39. The van der Waals surface area contributed by atoms with Gasteiger partial charge >= 0.3 is 6.03 Å². The van der Waals surface area contributed by atoms with Crippen LogP contribution in [0, 0.1) is 6.92 Å². The van der Waals surface area contributed by atoms with Crippen molar-refractivity contribution < 1.29 is 19.5 Å². The molecule has 4 heterocycles. The maximum Gasteiger partial charge on any atom is 0.344 e. The van der Waals surface area contributed by atoms with Crippen molar-refractivity contribution in [3.63, 3.8) is 0 Å². The Labute approximate surface area is 164 Å². The minimum absolute atomic E-state index is 0.139. The molecule has 1 atom stereocenters. The van der Waals surface area contributed by atoms with Gasteiger partial charge in [-0.25, -0.2) is 19.4 Å². The van der Waals surface area contributed by atoms with Crippen molar-refractivity contribution in [2.24, 2.45) is 0 Å². The molecule has 3 amide bonds. The van der Waals surface area contributed by atoms with Crippen LogP contribution >= 0.6 is 11.3 Å². The summed E-state index contributed by atoms with van der Waals surface area (Å²) in [5.41, 5.74) is 0.844. The summed E-state index contributed by atoms with van der Waals surface area (Å²) in [6.45, 7) is 4.00. The number of hydrogen-bond acceptors (Lipinski definition) is 7. The van der Waals surface area contributed by atoms with Crippen molar-refractivity contribution in [2.45, 2.75) is 19.5 Å². The van der Waals surface area contributed by atoms with Gasteiger partial charge in [0.15, 0.2) is 0 Å². The summed E-state index contributed by atoms with van der Waals surface area (Å²) in [6.07, 6.45) is 0.212. The van der Waals surface area contributed by atoms with Crippen LogP contribution in [0.15, 0.2) is 23.7 Å². The minimum atomic E-state index is -1.49. The fourth-order valence-electron chi connectivity index (χ4n) is 3.59. The van der Waals surface area contributed by atoms with Crippen LogP contribution in [0.4, 0.5) is 9.59 Å². The summed E-state index contributed by atoms with van der Waals surface area (Å²) in [5.74, 6) is 0.341. The quantitative estimate of drug-likeness (QED) is 0.754. The van der Waals surface area contributed by atoms with Gasteiger partial charge in [-0.15, -0.1) is 11.3 Å². The molecule has 2 aromatic rings. The maximum atomic E-state index is 12.9. The highest BCUT2D eigenvalue weighted by atomic mass is 32.1. The summed E-state index contributed by atoms with van der Waals surface area (Å²) in [4.78, 5) is 42.9. The Kier molecular flexibility index (Phi) is 4.77. The fraction of sp³-hybridized carbons (Fsp3) is 0.412. The first-order valence-electron chi connectivity index (χ1n) is 8.85. The lowest BCUT2D eigenvalue weighted by Gasteiger charge is -2.39. The number of aromatic nitrogens is 2. The smallest absolute Gasteiger partial charge is 0.344 e. The maximum absolute atomic E-state index is 12.9. The lowest BCUT2D eigenvalue weighted by Crippen LogP contribution is -2.57. The number of hydrazine groups is 1. The highest BCUT2D eigenvalue weighted by Gasteiger charge is 2.36. The van der Waals surface area contributed by atoms with E-state index in [-0.39, 0.29) is 11.9 Å². The Hall–Kier alpha value is -2.92. The molecule has 10 nitrogen and oxygen atoms in total. The molecule has 0 radical (unpaired) electrons. The molecule has 28 heavy (non-hydrogen) atoms. The van der Waals surface area contributed by atoms with Crippen molar-refractivity contribution in [1.82, 2.24) is 29.8 Å². The first kappa shape index (κ1) is 18.4. The second-order valence-corrected chi connectivity index (χ2v) is 7.61. The van der Waals surface area contributed by atoms with Gasteiger partial charge in [0.05, 0.1) is 18.4 Å². The Balaban J connectivity index is 1.40. The van der Waals surface area contributed by atoms with Crippen molar-refractivity contribution >= 4 is 29.4 Å². The largest absolute Gasteiger partial charge is 0.530 e. The van der Waals surface area contributed by atoms with Crippen LogP contribution in [0.1, 0.15) is 22.4 Å². The lowest BCUT2D eigenvalue weighted by molar-refractivity contribution is -0.251. The third kappa shape index (κ3) is 3.22. The van der Waals surface area contributed by atoms with Crippen LogP contribution in [0.5, 0.6) is 0 Å². The molecular weight excluding hydrogens is 384 g/mol. The number of aryl methyl sites for hydroxylation is 1. The molecule has 2 aromatic heterocycles. The van der Waals surface area contributed by atoms with Crippen LogP contribution in [0.3, 0.4) is 0 Å². The monoisotopic (exact) mass is 403 g/mol. The fourth-order valence-corrected chi connectivity index (χ4v) is 4.36. The number of piperazine rings is 1. The summed E-state index contributed by atoms with van der Waals surface area (Å²) in [5, 5.41) is 18.6. The zero-order valence-corrected chi connectivity index (χ0v) is 16.0. The number of fused-ring (bicyclic) bond motifs is 1. The molecule has 1 N–H and O–H groups in total. The van der Waals surface area contributed by atoms with E-state index in [1.807, 2.05) is 5.01 Å². The van der Waals surface area contributed by atoms with E-state index in [1.54, 1.807) is 45.1 Å². The van der Waals surface area contributed by atoms with Crippen LogP contribution in [-0.2, 0) is 11.3 Å². The molecule has 148 valence electrons. The summed E-state index contributed by atoms with van der Waals surface area (Å²) >= 11 is 1.31. The first-order valence-corrected chi connectivity index (χ1v) is 9.73. The van der Waals surface area contributed by atoms with Gasteiger partial charge in [-0.1, -0.05) is 6.07 Å². The SMILES string of the molecule is Cc1ncc2n1C(=O)N(N1CCN(C(=O)C(NC(=O)[O-])c3cccs3)CC1)C2. The summed E-state index contributed by atoms with van der Waals surface area (Å²) in [7, 11) is 0. The highest BCUT2D eigenvalue weighted by molar-refractivity contribution is 7.10. The normalized spacial score (nSPS) is 18.2. The number of amides is 3. The van der Waals surface area contributed by atoms with Gasteiger partial charge in [0.2, 0.25) is 0 Å². The molecule has 11 heteroatoms. The molecule has 0 aliphatic carbocycles. The molecule has 1 fully saturated rings. The molecule has 0 bridgehead atoms. The minimum Gasteiger partial charge on any atom is -0.530 e. The third-order valence-corrected chi connectivity index (χ3v) is 5.92. The van der Waals surface area contributed by atoms with E-state index in [1.165, 1.54) is 11.3 Å². The second kappa shape index (κ2) is 7.24. The number of thiophene rings is 1. The summed E-state index contributed by atoms with van der Waals surface area (Å²) < 4.78 is 1.59. The van der Waals surface area contributed by atoms with E-state index in [9.17, 15) is 19.5 Å². The highest BCUT2D eigenvalue weighted by Crippen LogP contribution is 2.24. The predicted molar refractivity (Wildman–Crippen MR) is 97.0 cm³/mol. The third-order valence-electron chi connectivity index (χ3n) is 4.98.